The smallest absolute Gasteiger partial charge is 0.266 e. The molecule has 3 aromatic rings. The number of amides is 1. The fourth-order valence-corrected chi connectivity index (χ4v) is 3.12. The van der Waals surface area contributed by atoms with Crippen molar-refractivity contribution in [2.45, 2.75) is 6.42 Å². The normalized spacial score (nSPS) is 14.0. The summed E-state index contributed by atoms with van der Waals surface area (Å²) in [4.78, 5) is 25.8. The lowest BCUT2D eigenvalue weighted by atomic mass is 10.3. The highest BCUT2D eigenvalue weighted by Gasteiger charge is 2.27. The molecular formula is C20H19FN4O2. The van der Waals surface area contributed by atoms with E-state index in [0.29, 0.717) is 23.9 Å². The Morgan fingerprint density at radius 2 is 1.81 bits per heavy atom. The molecule has 6 nitrogen and oxygen atoms in total. The van der Waals surface area contributed by atoms with E-state index in [9.17, 15) is 9.18 Å². The van der Waals surface area contributed by atoms with Gasteiger partial charge in [-0.1, -0.05) is 18.2 Å². The number of carbonyl (C=O) groups is 1. The number of halogens is 1. The fraction of sp³-hybridized carbons (Fsp3) is 0.250. The molecule has 0 bridgehead atoms. The maximum absolute atomic E-state index is 13.3. The number of benzene rings is 2. The maximum atomic E-state index is 13.3. The van der Waals surface area contributed by atoms with Crippen LogP contribution in [0, 0.1) is 5.82 Å². The minimum Gasteiger partial charge on any atom is -0.484 e. The lowest BCUT2D eigenvalue weighted by molar-refractivity contribution is -0.120. The highest BCUT2D eigenvalue weighted by atomic mass is 19.1. The van der Waals surface area contributed by atoms with Gasteiger partial charge in [0, 0.05) is 26.2 Å². The molecule has 4 rings (SSSR count). The molecule has 0 atom stereocenters. The van der Waals surface area contributed by atoms with Crippen molar-refractivity contribution in [1.82, 2.24) is 9.97 Å². The summed E-state index contributed by atoms with van der Waals surface area (Å²) in [5.74, 6) is 0.881. The zero-order chi connectivity index (χ0) is 18.8. The Morgan fingerprint density at radius 3 is 2.56 bits per heavy atom. The van der Waals surface area contributed by atoms with Gasteiger partial charge in [0.15, 0.2) is 18.2 Å². The van der Waals surface area contributed by atoms with Gasteiger partial charge < -0.3 is 9.64 Å². The molecule has 1 aliphatic rings. The van der Waals surface area contributed by atoms with Crippen molar-refractivity contribution >= 4 is 28.6 Å². The summed E-state index contributed by atoms with van der Waals surface area (Å²) in [5.41, 5.74) is 1.52. The van der Waals surface area contributed by atoms with Gasteiger partial charge in [0.25, 0.3) is 5.91 Å². The van der Waals surface area contributed by atoms with Crippen molar-refractivity contribution in [2.75, 3.05) is 36.5 Å². The number of aromatic nitrogens is 2. The highest BCUT2D eigenvalue weighted by molar-refractivity contribution is 5.97. The van der Waals surface area contributed by atoms with E-state index in [1.807, 2.05) is 36.2 Å². The fourth-order valence-electron chi connectivity index (χ4n) is 3.12. The topological polar surface area (TPSA) is 58.6 Å². The van der Waals surface area contributed by atoms with Gasteiger partial charge in [-0.15, -0.1) is 0 Å². The van der Waals surface area contributed by atoms with Crippen LogP contribution in [0.25, 0.3) is 11.0 Å². The molecule has 2 heterocycles. The Kier molecular flexibility index (Phi) is 4.58. The molecule has 0 unspecified atom stereocenters. The van der Waals surface area contributed by atoms with Gasteiger partial charge >= 0.3 is 0 Å². The lowest BCUT2D eigenvalue weighted by Gasteiger charge is -2.22. The molecule has 0 fully saturated rings. The molecule has 0 saturated carbocycles. The molecule has 27 heavy (non-hydrogen) atoms. The van der Waals surface area contributed by atoms with Gasteiger partial charge in [0.05, 0.1) is 11.0 Å². The van der Waals surface area contributed by atoms with Crippen LogP contribution in [0.3, 0.4) is 0 Å². The van der Waals surface area contributed by atoms with E-state index in [0.717, 1.165) is 24.0 Å². The summed E-state index contributed by atoms with van der Waals surface area (Å²) in [6.45, 7) is 1.10. The average molecular weight is 366 g/mol. The average Bonchev–Trinajstić information content (AvgIpc) is 2.83. The van der Waals surface area contributed by atoms with E-state index in [1.165, 1.54) is 12.1 Å². The zero-order valence-electron chi connectivity index (χ0n) is 14.9. The Balaban J connectivity index is 1.63. The number of anilines is 2. The molecule has 1 aromatic heterocycles. The minimum atomic E-state index is -0.404. The molecule has 0 radical (unpaired) electrons. The van der Waals surface area contributed by atoms with Crippen molar-refractivity contribution in [3.8, 4) is 5.75 Å². The van der Waals surface area contributed by atoms with Crippen LogP contribution >= 0.6 is 0 Å². The quantitative estimate of drug-likeness (QED) is 0.713. The van der Waals surface area contributed by atoms with Crippen LogP contribution in [0.1, 0.15) is 6.42 Å². The number of fused-ring (bicyclic) bond motifs is 2. The van der Waals surface area contributed by atoms with E-state index < -0.39 is 5.82 Å². The van der Waals surface area contributed by atoms with E-state index in [-0.39, 0.29) is 12.5 Å². The molecule has 2 aromatic carbocycles. The number of hydrogen-bond donors (Lipinski definition) is 0. The maximum Gasteiger partial charge on any atom is 0.266 e. The molecule has 138 valence electrons. The van der Waals surface area contributed by atoms with Crippen molar-refractivity contribution < 1.29 is 13.9 Å². The first-order chi connectivity index (χ1) is 13.1. The van der Waals surface area contributed by atoms with E-state index >= 15 is 0 Å². The first-order valence-electron chi connectivity index (χ1n) is 8.78. The van der Waals surface area contributed by atoms with Crippen molar-refractivity contribution in [1.29, 1.82) is 0 Å². The molecule has 1 amide bonds. The van der Waals surface area contributed by atoms with Crippen LogP contribution in [0.15, 0.2) is 48.5 Å². The summed E-state index contributed by atoms with van der Waals surface area (Å²) < 4.78 is 18.8. The lowest BCUT2D eigenvalue weighted by Crippen LogP contribution is -2.36. The number of carbonyl (C=O) groups excluding carboxylic acids is 1. The van der Waals surface area contributed by atoms with Gasteiger partial charge in [0.2, 0.25) is 0 Å². The largest absolute Gasteiger partial charge is 0.484 e. The Labute approximate surface area is 156 Å². The summed E-state index contributed by atoms with van der Waals surface area (Å²) in [5, 5.41) is 0. The van der Waals surface area contributed by atoms with Gasteiger partial charge in [-0.25, -0.2) is 14.4 Å². The molecule has 0 N–H and O–H groups in total. The Morgan fingerprint density at radius 1 is 1.07 bits per heavy atom. The summed E-state index contributed by atoms with van der Waals surface area (Å²) in [6, 6.07) is 13.3. The second kappa shape index (κ2) is 7.19. The first kappa shape index (κ1) is 17.2. The standard InChI is InChI=1S/C20H19FN4O2/c1-24-10-5-11-25(18(26)13-27-15-7-4-6-14(21)12-15)20-19(24)22-16-8-2-3-9-17(16)23-20/h2-4,6-9,12H,5,10-11,13H2,1H3. The van der Waals surface area contributed by atoms with Gasteiger partial charge in [-0.3, -0.25) is 9.69 Å². The van der Waals surface area contributed by atoms with Crippen LogP contribution < -0.4 is 14.5 Å². The first-order valence-corrected chi connectivity index (χ1v) is 8.78. The molecule has 1 aliphatic heterocycles. The number of rotatable bonds is 3. The second-order valence-electron chi connectivity index (χ2n) is 6.43. The summed E-state index contributed by atoms with van der Waals surface area (Å²) in [7, 11) is 1.94. The molecule has 0 saturated heterocycles. The van der Waals surface area contributed by atoms with Crippen LogP contribution in [0.5, 0.6) is 5.75 Å². The summed E-state index contributed by atoms with van der Waals surface area (Å²) >= 11 is 0. The van der Waals surface area contributed by atoms with E-state index in [1.54, 1.807) is 17.0 Å². The third-order valence-corrected chi connectivity index (χ3v) is 4.49. The van der Waals surface area contributed by atoms with Crippen LogP contribution in [-0.4, -0.2) is 42.6 Å². The third kappa shape index (κ3) is 3.53. The van der Waals surface area contributed by atoms with E-state index in [4.69, 9.17) is 9.72 Å². The van der Waals surface area contributed by atoms with Gasteiger partial charge in [-0.05, 0) is 30.7 Å². The molecule has 7 heteroatoms. The zero-order valence-corrected chi connectivity index (χ0v) is 14.9. The highest BCUT2D eigenvalue weighted by Crippen LogP contribution is 2.30. The van der Waals surface area contributed by atoms with Crippen LogP contribution in [0.4, 0.5) is 16.0 Å². The molecule has 0 aliphatic carbocycles. The van der Waals surface area contributed by atoms with Crippen LogP contribution in [0.2, 0.25) is 0 Å². The molecular weight excluding hydrogens is 347 g/mol. The third-order valence-electron chi connectivity index (χ3n) is 4.49. The number of nitrogens with zero attached hydrogens (tertiary/aromatic N) is 4. The van der Waals surface area contributed by atoms with Gasteiger partial charge in [0.1, 0.15) is 11.6 Å². The Hall–Kier alpha value is -3.22. The predicted octanol–water partition coefficient (Wildman–Crippen LogP) is 3.02. The van der Waals surface area contributed by atoms with Crippen LogP contribution in [-0.2, 0) is 4.79 Å². The monoisotopic (exact) mass is 366 g/mol. The van der Waals surface area contributed by atoms with E-state index in [2.05, 4.69) is 4.98 Å². The summed E-state index contributed by atoms with van der Waals surface area (Å²) in [6.07, 6.45) is 0.788. The van der Waals surface area contributed by atoms with Crippen molar-refractivity contribution in [3.63, 3.8) is 0 Å². The number of hydrogen-bond acceptors (Lipinski definition) is 5. The number of para-hydroxylation sites is 2. The minimum absolute atomic E-state index is 0.193. The van der Waals surface area contributed by atoms with Crippen molar-refractivity contribution in [2.24, 2.45) is 0 Å². The molecule has 0 spiro atoms. The number of ether oxygens (including phenoxy) is 1. The van der Waals surface area contributed by atoms with Crippen molar-refractivity contribution in [3.05, 3.63) is 54.3 Å². The van der Waals surface area contributed by atoms with Gasteiger partial charge in [-0.2, -0.15) is 0 Å². The SMILES string of the molecule is CN1CCCN(C(=O)COc2cccc(F)c2)c2nc3ccccc3nc21. The Bertz CT molecular complexity index is 995. The second-order valence-corrected chi connectivity index (χ2v) is 6.43. The predicted molar refractivity (Wildman–Crippen MR) is 102 cm³/mol.